The van der Waals surface area contributed by atoms with Gasteiger partial charge in [0.25, 0.3) is 0 Å². The molecule has 0 aromatic heterocycles. The molecule has 0 spiro atoms. The second kappa shape index (κ2) is 6.03. The number of halogens is 2. The van der Waals surface area contributed by atoms with E-state index in [9.17, 15) is 17.6 Å². The fourth-order valence-corrected chi connectivity index (χ4v) is 4.11. The molecule has 0 N–H and O–H groups in total. The number of rotatable bonds is 2. The van der Waals surface area contributed by atoms with Crippen LogP contribution >= 0.6 is 15.9 Å². The number of sulfone groups is 1. The molecule has 2 aromatic carbocycles. The predicted molar refractivity (Wildman–Crippen MR) is 90.0 cm³/mol. The molecule has 24 heavy (non-hydrogen) atoms. The number of anilines is 2. The van der Waals surface area contributed by atoms with Crippen LogP contribution in [0.2, 0.25) is 0 Å². The average Bonchev–Trinajstić information content (AvgIpc) is 2.56. The van der Waals surface area contributed by atoms with E-state index in [1.165, 1.54) is 17.2 Å². The molecule has 0 radical (unpaired) electrons. The molecule has 2 aromatic rings. The summed E-state index contributed by atoms with van der Waals surface area (Å²) in [5.41, 5.74) is 0.869. The number of esters is 1. The van der Waals surface area contributed by atoms with Gasteiger partial charge in [0.1, 0.15) is 5.82 Å². The molecule has 0 atom stereocenters. The summed E-state index contributed by atoms with van der Waals surface area (Å²) in [5.74, 6) is -1.72. The van der Waals surface area contributed by atoms with E-state index < -0.39 is 26.5 Å². The van der Waals surface area contributed by atoms with Crippen molar-refractivity contribution in [2.45, 2.75) is 4.90 Å². The highest BCUT2D eigenvalue weighted by Gasteiger charge is 2.36. The van der Waals surface area contributed by atoms with Gasteiger partial charge in [-0.1, -0.05) is 15.9 Å². The number of carbonyl (C=O) groups excluding carboxylic acids is 1. The molecule has 5 nitrogen and oxygen atoms in total. The molecule has 0 fully saturated rings. The number of nitrogens with zero attached hydrogens (tertiary/aromatic N) is 1. The molecule has 1 aliphatic heterocycles. The number of hydrogen-bond acceptors (Lipinski definition) is 5. The van der Waals surface area contributed by atoms with Gasteiger partial charge in [0.05, 0.1) is 17.7 Å². The van der Waals surface area contributed by atoms with Crippen molar-refractivity contribution < 1.29 is 22.3 Å². The molecule has 3 rings (SSSR count). The van der Waals surface area contributed by atoms with Crippen LogP contribution in [-0.4, -0.2) is 21.5 Å². The molecule has 0 bridgehead atoms. The molecular weight excluding hydrogens is 401 g/mol. The van der Waals surface area contributed by atoms with Crippen molar-refractivity contribution in [3.8, 4) is 0 Å². The first kappa shape index (κ1) is 16.7. The Kier molecular flexibility index (Phi) is 4.18. The minimum Gasteiger partial charge on any atom is -0.465 e. The summed E-state index contributed by atoms with van der Waals surface area (Å²) in [6, 6.07) is 10.4. The average molecular weight is 412 g/mol. The van der Waals surface area contributed by atoms with Crippen LogP contribution < -0.4 is 4.90 Å². The fraction of sp³-hybridized carbons (Fsp3) is 0.0625. The van der Waals surface area contributed by atoms with Crippen LogP contribution in [0.25, 0.3) is 0 Å². The number of hydrogen-bond donors (Lipinski definition) is 0. The lowest BCUT2D eigenvalue weighted by atomic mass is 10.2. The maximum absolute atomic E-state index is 13.6. The van der Waals surface area contributed by atoms with Crippen molar-refractivity contribution in [1.29, 1.82) is 0 Å². The minimum absolute atomic E-state index is 0.256. The van der Waals surface area contributed by atoms with Gasteiger partial charge >= 0.3 is 5.97 Å². The van der Waals surface area contributed by atoms with E-state index in [1.807, 2.05) is 0 Å². The van der Waals surface area contributed by atoms with E-state index in [0.29, 0.717) is 5.69 Å². The number of carbonyl (C=O) groups is 1. The van der Waals surface area contributed by atoms with Crippen molar-refractivity contribution in [3.05, 3.63) is 63.9 Å². The van der Waals surface area contributed by atoms with Gasteiger partial charge in [0, 0.05) is 16.4 Å². The van der Waals surface area contributed by atoms with Crippen molar-refractivity contribution in [1.82, 2.24) is 0 Å². The van der Waals surface area contributed by atoms with Gasteiger partial charge in [-0.3, -0.25) is 0 Å². The zero-order chi connectivity index (χ0) is 17.5. The summed E-state index contributed by atoms with van der Waals surface area (Å²) in [7, 11) is -3.08. The summed E-state index contributed by atoms with van der Waals surface area (Å²) in [6.45, 7) is 0. The third-order valence-electron chi connectivity index (χ3n) is 3.50. The third kappa shape index (κ3) is 2.71. The maximum atomic E-state index is 13.6. The van der Waals surface area contributed by atoms with Gasteiger partial charge in [-0.25, -0.2) is 17.6 Å². The van der Waals surface area contributed by atoms with Crippen LogP contribution in [0.15, 0.2) is 62.9 Å². The zero-order valence-electron chi connectivity index (χ0n) is 12.4. The standard InChI is InChI=1S/C16H11BrFNO4S/c1-23-16(20)15-9-19(12-5-2-10(17)3-6-12)13-7-4-11(18)8-14(13)24(15,21)22/h2-9H,1H3. The summed E-state index contributed by atoms with van der Waals surface area (Å²) < 4.78 is 44.2. The summed E-state index contributed by atoms with van der Waals surface area (Å²) in [5, 5.41) is 0. The van der Waals surface area contributed by atoms with Crippen molar-refractivity contribution >= 4 is 43.1 Å². The Morgan fingerprint density at radius 3 is 2.46 bits per heavy atom. The second-order valence-electron chi connectivity index (χ2n) is 4.95. The van der Waals surface area contributed by atoms with Crippen LogP contribution in [0.3, 0.4) is 0 Å². The minimum atomic E-state index is -4.17. The van der Waals surface area contributed by atoms with Gasteiger partial charge in [-0.2, -0.15) is 0 Å². The first-order chi connectivity index (χ1) is 11.3. The van der Waals surface area contributed by atoms with Crippen LogP contribution in [-0.2, 0) is 19.4 Å². The number of ether oxygens (including phenoxy) is 1. The highest BCUT2D eigenvalue weighted by molar-refractivity contribution is 9.10. The zero-order valence-corrected chi connectivity index (χ0v) is 14.8. The van der Waals surface area contributed by atoms with Gasteiger partial charge in [-0.15, -0.1) is 0 Å². The molecule has 1 heterocycles. The SMILES string of the molecule is COC(=O)C1=CN(c2ccc(Br)cc2)c2ccc(F)cc2S1(=O)=O. The predicted octanol–water partition coefficient (Wildman–Crippen LogP) is 3.53. The number of fused-ring (bicyclic) bond motifs is 1. The smallest absolute Gasteiger partial charge is 0.351 e. The van der Waals surface area contributed by atoms with Gasteiger partial charge in [0.2, 0.25) is 9.84 Å². The maximum Gasteiger partial charge on any atom is 0.351 e. The van der Waals surface area contributed by atoms with E-state index in [-0.39, 0.29) is 10.6 Å². The Morgan fingerprint density at radius 1 is 1.17 bits per heavy atom. The lowest BCUT2D eigenvalue weighted by molar-refractivity contribution is -0.135. The van der Waals surface area contributed by atoms with Crippen molar-refractivity contribution in [2.24, 2.45) is 0 Å². The van der Waals surface area contributed by atoms with Gasteiger partial charge in [-0.05, 0) is 42.5 Å². The lowest BCUT2D eigenvalue weighted by Gasteiger charge is -2.28. The molecule has 0 saturated heterocycles. The van der Waals surface area contributed by atoms with E-state index in [0.717, 1.165) is 23.7 Å². The van der Waals surface area contributed by atoms with Crippen LogP contribution in [0, 0.1) is 5.82 Å². The third-order valence-corrected chi connectivity index (χ3v) is 5.78. The monoisotopic (exact) mass is 411 g/mol. The number of methoxy groups -OCH3 is 1. The molecule has 0 unspecified atom stereocenters. The molecule has 124 valence electrons. The van der Waals surface area contributed by atoms with Gasteiger partial charge < -0.3 is 9.64 Å². The van der Waals surface area contributed by atoms with Crippen LogP contribution in [0.4, 0.5) is 15.8 Å². The quantitative estimate of drug-likeness (QED) is 0.707. The largest absolute Gasteiger partial charge is 0.465 e. The van der Waals surface area contributed by atoms with E-state index in [2.05, 4.69) is 20.7 Å². The summed E-state index contributed by atoms with van der Waals surface area (Å²) >= 11 is 3.32. The molecular formula is C16H11BrFNO4S. The van der Waals surface area contributed by atoms with Crippen LogP contribution in [0.1, 0.15) is 0 Å². The Labute approximate surface area is 146 Å². The second-order valence-corrected chi connectivity index (χ2v) is 7.75. The normalized spacial score (nSPS) is 15.5. The summed E-state index contributed by atoms with van der Waals surface area (Å²) in [4.78, 5) is 12.6. The highest BCUT2D eigenvalue weighted by Crippen LogP contribution is 2.40. The van der Waals surface area contributed by atoms with E-state index in [4.69, 9.17) is 0 Å². The van der Waals surface area contributed by atoms with Crippen molar-refractivity contribution in [3.63, 3.8) is 0 Å². The first-order valence-corrected chi connectivity index (χ1v) is 9.02. The highest BCUT2D eigenvalue weighted by atomic mass is 79.9. The topological polar surface area (TPSA) is 63.7 Å². The lowest BCUT2D eigenvalue weighted by Crippen LogP contribution is -2.26. The molecule has 8 heteroatoms. The Balaban J connectivity index is 2.28. The summed E-state index contributed by atoms with van der Waals surface area (Å²) in [6.07, 6.45) is 1.19. The Hall–Kier alpha value is -2.19. The number of benzene rings is 2. The Bertz CT molecular complexity index is 955. The molecule has 0 saturated carbocycles. The molecule has 1 aliphatic rings. The van der Waals surface area contributed by atoms with Crippen molar-refractivity contribution in [2.75, 3.05) is 12.0 Å². The first-order valence-electron chi connectivity index (χ1n) is 6.74. The van der Waals surface area contributed by atoms with Gasteiger partial charge in [0.15, 0.2) is 4.91 Å². The fourth-order valence-electron chi connectivity index (χ4n) is 2.36. The van der Waals surface area contributed by atoms with E-state index in [1.54, 1.807) is 24.3 Å². The molecule has 0 aliphatic carbocycles. The van der Waals surface area contributed by atoms with Crippen LogP contribution in [0.5, 0.6) is 0 Å². The Morgan fingerprint density at radius 2 is 1.83 bits per heavy atom. The molecule has 0 amide bonds. The van der Waals surface area contributed by atoms with E-state index >= 15 is 0 Å².